The summed E-state index contributed by atoms with van der Waals surface area (Å²) in [5.41, 5.74) is 6.90. The molecule has 1 aromatic rings. The summed E-state index contributed by atoms with van der Waals surface area (Å²) in [6.07, 6.45) is 0. The molecule has 4 bridgehead atoms. The molecule has 19 heavy (non-hydrogen) atoms. The van der Waals surface area contributed by atoms with Crippen molar-refractivity contribution in [1.29, 1.82) is 5.26 Å². The highest BCUT2D eigenvalue weighted by Crippen LogP contribution is 2.49. The SMILES string of the molecule is N#CC1(N)C2CN3CN(C2)CC1(c1ccccc1)C3. The number of nitriles is 1. The van der Waals surface area contributed by atoms with Gasteiger partial charge in [-0.1, -0.05) is 30.3 Å². The largest absolute Gasteiger partial charge is 0.312 e. The molecule has 0 amide bonds. The van der Waals surface area contributed by atoms with Gasteiger partial charge in [-0.15, -0.1) is 0 Å². The monoisotopic (exact) mass is 254 g/mol. The Morgan fingerprint density at radius 3 is 2.37 bits per heavy atom. The fraction of sp³-hybridized carbons (Fsp3) is 0.533. The molecule has 4 aliphatic rings. The molecule has 1 aromatic carbocycles. The second-order valence-corrected chi connectivity index (χ2v) is 6.29. The molecule has 5 rings (SSSR count). The van der Waals surface area contributed by atoms with Crippen molar-refractivity contribution in [2.24, 2.45) is 11.7 Å². The Bertz CT molecular complexity index is 535. The maximum Gasteiger partial charge on any atom is 0.121 e. The van der Waals surface area contributed by atoms with Crippen molar-refractivity contribution >= 4 is 0 Å². The van der Waals surface area contributed by atoms with Gasteiger partial charge in [0.15, 0.2) is 0 Å². The van der Waals surface area contributed by atoms with Gasteiger partial charge in [-0.3, -0.25) is 9.80 Å². The standard InChI is InChI=1S/C15H18N4/c16-8-15(17)13-6-18-9-14(15,10-19(7-13)11-18)12-4-2-1-3-5-12/h1-5,13H,6-7,9-11,17H2. The number of hydrogen-bond donors (Lipinski definition) is 1. The minimum absolute atomic E-state index is 0.234. The molecule has 0 aliphatic carbocycles. The molecule has 4 aliphatic heterocycles. The van der Waals surface area contributed by atoms with Crippen LogP contribution in [-0.2, 0) is 5.41 Å². The van der Waals surface area contributed by atoms with Gasteiger partial charge in [-0.25, -0.2) is 0 Å². The molecule has 0 spiro atoms. The summed E-state index contributed by atoms with van der Waals surface area (Å²) in [6, 6.07) is 12.9. The van der Waals surface area contributed by atoms with Crippen LogP contribution in [0.5, 0.6) is 0 Å². The predicted molar refractivity (Wildman–Crippen MR) is 72.2 cm³/mol. The van der Waals surface area contributed by atoms with Gasteiger partial charge in [0.25, 0.3) is 0 Å². The van der Waals surface area contributed by atoms with Crippen LogP contribution in [0, 0.1) is 17.2 Å². The van der Waals surface area contributed by atoms with Crippen LogP contribution >= 0.6 is 0 Å². The van der Waals surface area contributed by atoms with E-state index in [1.54, 1.807) is 0 Å². The van der Waals surface area contributed by atoms with E-state index in [1.807, 2.05) is 6.07 Å². The van der Waals surface area contributed by atoms with Crippen molar-refractivity contribution in [3.63, 3.8) is 0 Å². The Hall–Kier alpha value is -1.41. The van der Waals surface area contributed by atoms with E-state index in [0.717, 1.165) is 32.8 Å². The summed E-state index contributed by atoms with van der Waals surface area (Å²) in [7, 11) is 0. The van der Waals surface area contributed by atoms with E-state index < -0.39 is 5.54 Å². The van der Waals surface area contributed by atoms with Crippen molar-refractivity contribution < 1.29 is 0 Å². The second-order valence-electron chi connectivity index (χ2n) is 6.29. The number of nitrogens with two attached hydrogens (primary N) is 1. The number of rotatable bonds is 1. The molecule has 0 radical (unpaired) electrons. The first-order chi connectivity index (χ1) is 9.18. The molecule has 3 unspecified atom stereocenters. The maximum absolute atomic E-state index is 9.77. The molecule has 2 N–H and O–H groups in total. The average molecular weight is 254 g/mol. The average Bonchev–Trinajstić information content (AvgIpc) is 2.44. The van der Waals surface area contributed by atoms with Crippen LogP contribution in [0.15, 0.2) is 30.3 Å². The molecule has 98 valence electrons. The third kappa shape index (κ3) is 1.28. The van der Waals surface area contributed by atoms with Crippen LogP contribution in [-0.4, -0.2) is 48.2 Å². The lowest BCUT2D eigenvalue weighted by atomic mass is 9.55. The molecule has 4 heteroatoms. The summed E-state index contributed by atoms with van der Waals surface area (Å²) in [4.78, 5) is 4.90. The van der Waals surface area contributed by atoms with Gasteiger partial charge in [0.2, 0.25) is 0 Å². The Labute approximate surface area is 113 Å². The molecule has 3 atom stereocenters. The van der Waals surface area contributed by atoms with Crippen LogP contribution in [0.2, 0.25) is 0 Å². The van der Waals surface area contributed by atoms with Crippen LogP contribution in [0.25, 0.3) is 0 Å². The normalized spacial score (nSPS) is 47.1. The van der Waals surface area contributed by atoms with E-state index in [9.17, 15) is 5.26 Å². The number of piperidine rings is 2. The molecular formula is C15H18N4. The van der Waals surface area contributed by atoms with E-state index in [-0.39, 0.29) is 11.3 Å². The van der Waals surface area contributed by atoms with Gasteiger partial charge in [0.1, 0.15) is 5.54 Å². The topological polar surface area (TPSA) is 56.3 Å². The van der Waals surface area contributed by atoms with Crippen molar-refractivity contribution in [2.45, 2.75) is 11.0 Å². The van der Waals surface area contributed by atoms with E-state index in [4.69, 9.17) is 5.73 Å². The zero-order valence-corrected chi connectivity index (χ0v) is 10.9. The van der Waals surface area contributed by atoms with Gasteiger partial charge in [-0.05, 0) is 5.56 Å². The lowest BCUT2D eigenvalue weighted by Gasteiger charge is -2.65. The van der Waals surface area contributed by atoms with E-state index in [0.29, 0.717) is 0 Å². The van der Waals surface area contributed by atoms with Gasteiger partial charge in [-0.2, -0.15) is 5.26 Å². The van der Waals surface area contributed by atoms with Crippen LogP contribution in [0.1, 0.15) is 5.56 Å². The molecule has 0 saturated carbocycles. The van der Waals surface area contributed by atoms with Gasteiger partial charge in [0.05, 0.1) is 18.2 Å². The van der Waals surface area contributed by atoms with Crippen molar-refractivity contribution in [1.82, 2.24) is 9.80 Å². The number of nitrogens with zero attached hydrogens (tertiary/aromatic N) is 3. The zero-order valence-electron chi connectivity index (χ0n) is 10.9. The summed E-state index contributed by atoms with van der Waals surface area (Å²) >= 11 is 0. The highest BCUT2D eigenvalue weighted by molar-refractivity contribution is 5.41. The van der Waals surface area contributed by atoms with Crippen LogP contribution in [0.4, 0.5) is 0 Å². The highest BCUT2D eigenvalue weighted by Gasteiger charge is 2.64. The van der Waals surface area contributed by atoms with Crippen molar-refractivity contribution in [3.05, 3.63) is 35.9 Å². The fourth-order valence-corrected chi connectivity index (χ4v) is 4.44. The first-order valence-corrected chi connectivity index (χ1v) is 6.88. The quantitative estimate of drug-likeness (QED) is 0.786. The lowest BCUT2D eigenvalue weighted by Crippen LogP contribution is -2.82. The second kappa shape index (κ2) is 3.57. The van der Waals surface area contributed by atoms with Gasteiger partial charge in [0, 0.05) is 32.1 Å². The Kier molecular flexibility index (Phi) is 2.15. The van der Waals surface area contributed by atoms with Crippen LogP contribution < -0.4 is 5.73 Å². The minimum Gasteiger partial charge on any atom is -0.312 e. The van der Waals surface area contributed by atoms with Gasteiger partial charge < -0.3 is 5.73 Å². The molecular weight excluding hydrogens is 236 g/mol. The smallest absolute Gasteiger partial charge is 0.121 e. The zero-order chi connectivity index (χ0) is 13.1. The molecule has 4 fully saturated rings. The Balaban J connectivity index is 1.91. The minimum atomic E-state index is -0.734. The summed E-state index contributed by atoms with van der Waals surface area (Å²) in [5.74, 6) is 0.258. The van der Waals surface area contributed by atoms with Crippen molar-refractivity contribution in [3.8, 4) is 6.07 Å². The molecule has 4 heterocycles. The number of benzene rings is 1. The number of hydrogen-bond acceptors (Lipinski definition) is 4. The third-order valence-electron chi connectivity index (χ3n) is 5.29. The first kappa shape index (κ1) is 11.4. The Morgan fingerprint density at radius 2 is 1.79 bits per heavy atom. The molecule has 0 aromatic heterocycles. The molecule has 4 nitrogen and oxygen atoms in total. The third-order valence-corrected chi connectivity index (χ3v) is 5.29. The summed E-state index contributed by atoms with van der Waals surface area (Å²) < 4.78 is 0. The van der Waals surface area contributed by atoms with E-state index in [1.165, 1.54) is 5.56 Å². The van der Waals surface area contributed by atoms with Gasteiger partial charge >= 0.3 is 0 Å². The molecule has 4 saturated heterocycles. The highest BCUT2D eigenvalue weighted by atomic mass is 15.4. The Morgan fingerprint density at radius 1 is 1.16 bits per heavy atom. The summed E-state index contributed by atoms with van der Waals surface area (Å²) in [6.45, 7) is 4.79. The lowest BCUT2D eigenvalue weighted by molar-refractivity contribution is -0.120. The summed E-state index contributed by atoms with van der Waals surface area (Å²) in [5, 5.41) is 9.77. The van der Waals surface area contributed by atoms with Crippen LogP contribution in [0.3, 0.4) is 0 Å². The first-order valence-electron chi connectivity index (χ1n) is 6.88. The predicted octanol–water partition coefficient (Wildman–Crippen LogP) is 0.364. The fourth-order valence-electron chi connectivity index (χ4n) is 4.44. The van der Waals surface area contributed by atoms with E-state index >= 15 is 0 Å². The van der Waals surface area contributed by atoms with Crippen molar-refractivity contribution in [2.75, 3.05) is 32.8 Å². The maximum atomic E-state index is 9.77. The van der Waals surface area contributed by atoms with E-state index in [2.05, 4.69) is 40.1 Å².